The first-order chi connectivity index (χ1) is 8.11. The molecule has 0 fully saturated rings. The third-order valence-electron chi connectivity index (χ3n) is 3.32. The van der Waals surface area contributed by atoms with E-state index in [1.54, 1.807) is 0 Å². The summed E-state index contributed by atoms with van der Waals surface area (Å²) in [7, 11) is 2.19. The van der Waals surface area contributed by atoms with Crippen LogP contribution >= 0.6 is 0 Å². The molecule has 1 N–H and O–H groups in total. The summed E-state index contributed by atoms with van der Waals surface area (Å²) < 4.78 is 0. The lowest BCUT2D eigenvalue weighted by Crippen LogP contribution is -2.30. The Balaban J connectivity index is 2.19. The van der Waals surface area contributed by atoms with Gasteiger partial charge in [-0.05, 0) is 52.9 Å². The smallest absolute Gasteiger partial charge is 0.0291 e. The van der Waals surface area contributed by atoms with Gasteiger partial charge in [0.05, 0.1) is 0 Å². The van der Waals surface area contributed by atoms with E-state index in [-0.39, 0.29) is 0 Å². The molecule has 0 saturated heterocycles. The zero-order chi connectivity index (χ0) is 12.7. The van der Waals surface area contributed by atoms with Crippen LogP contribution < -0.4 is 5.32 Å². The molecule has 1 rings (SSSR count). The van der Waals surface area contributed by atoms with E-state index in [0.717, 1.165) is 13.1 Å². The molecule has 0 aliphatic rings. The summed E-state index contributed by atoms with van der Waals surface area (Å²) in [5, 5.41) is 3.57. The Morgan fingerprint density at radius 2 is 1.76 bits per heavy atom. The lowest BCUT2D eigenvalue weighted by atomic mass is 10.1. The molecule has 2 heteroatoms. The zero-order valence-corrected chi connectivity index (χ0v) is 11.6. The maximum absolute atomic E-state index is 3.57. The van der Waals surface area contributed by atoms with Crippen LogP contribution in [-0.2, 0) is 0 Å². The number of nitrogens with one attached hydrogen (secondary N) is 1. The van der Waals surface area contributed by atoms with E-state index in [1.165, 1.54) is 12.0 Å². The predicted molar refractivity (Wildman–Crippen MR) is 75.2 cm³/mol. The van der Waals surface area contributed by atoms with Gasteiger partial charge in [-0.15, -0.1) is 0 Å². The third-order valence-corrected chi connectivity index (χ3v) is 3.32. The summed E-state index contributed by atoms with van der Waals surface area (Å²) in [5.41, 5.74) is 1.37. The number of benzene rings is 1. The molecule has 0 bridgehead atoms. The lowest BCUT2D eigenvalue weighted by molar-refractivity contribution is 0.268. The largest absolute Gasteiger partial charge is 0.310 e. The Bertz CT molecular complexity index is 295. The lowest BCUT2D eigenvalue weighted by Gasteiger charge is -2.21. The molecule has 0 saturated carbocycles. The number of hydrogen-bond donors (Lipinski definition) is 1. The van der Waals surface area contributed by atoms with Gasteiger partial charge in [-0.2, -0.15) is 0 Å². The van der Waals surface area contributed by atoms with Gasteiger partial charge in [-0.1, -0.05) is 30.3 Å². The molecule has 96 valence electrons. The third kappa shape index (κ3) is 5.33. The van der Waals surface area contributed by atoms with Gasteiger partial charge < -0.3 is 10.2 Å². The van der Waals surface area contributed by atoms with Crippen molar-refractivity contribution in [3.05, 3.63) is 35.9 Å². The standard InChI is InChI=1S/C15H26N2/c1-13(2)17(4)12-8-11-16-14(3)15-9-6-5-7-10-15/h5-7,9-10,13-14,16H,8,11-12H2,1-4H3. The van der Waals surface area contributed by atoms with Crippen molar-refractivity contribution in [1.29, 1.82) is 0 Å². The summed E-state index contributed by atoms with van der Waals surface area (Å²) in [4.78, 5) is 2.38. The van der Waals surface area contributed by atoms with Gasteiger partial charge in [-0.25, -0.2) is 0 Å². The molecule has 1 unspecified atom stereocenters. The topological polar surface area (TPSA) is 15.3 Å². The monoisotopic (exact) mass is 234 g/mol. The average Bonchev–Trinajstić information content (AvgIpc) is 2.35. The SMILES string of the molecule is CC(NCCCN(C)C(C)C)c1ccccc1. The molecule has 1 aromatic carbocycles. The molecule has 0 aliphatic carbocycles. The Morgan fingerprint density at radius 3 is 2.35 bits per heavy atom. The fraction of sp³-hybridized carbons (Fsp3) is 0.600. The molecular weight excluding hydrogens is 208 g/mol. The Morgan fingerprint density at radius 1 is 1.12 bits per heavy atom. The Hall–Kier alpha value is -0.860. The molecule has 17 heavy (non-hydrogen) atoms. The van der Waals surface area contributed by atoms with Gasteiger partial charge in [0.25, 0.3) is 0 Å². The summed E-state index contributed by atoms with van der Waals surface area (Å²) in [6, 6.07) is 11.7. The first kappa shape index (κ1) is 14.2. The first-order valence-electron chi connectivity index (χ1n) is 6.60. The van der Waals surface area contributed by atoms with Crippen LogP contribution in [0.1, 0.15) is 38.8 Å². The van der Waals surface area contributed by atoms with Crippen molar-refractivity contribution >= 4 is 0 Å². The second-order valence-corrected chi connectivity index (χ2v) is 5.01. The highest BCUT2D eigenvalue weighted by atomic mass is 15.1. The van der Waals surface area contributed by atoms with E-state index in [9.17, 15) is 0 Å². The highest BCUT2D eigenvalue weighted by Gasteiger charge is 2.05. The van der Waals surface area contributed by atoms with Crippen LogP contribution in [0.15, 0.2) is 30.3 Å². The molecule has 2 nitrogen and oxygen atoms in total. The molecule has 0 spiro atoms. The fourth-order valence-electron chi connectivity index (χ4n) is 1.76. The van der Waals surface area contributed by atoms with Gasteiger partial charge in [0.2, 0.25) is 0 Å². The molecule has 0 amide bonds. The van der Waals surface area contributed by atoms with Crippen molar-refractivity contribution in [3.8, 4) is 0 Å². The van der Waals surface area contributed by atoms with E-state index in [1.807, 2.05) is 0 Å². The van der Waals surface area contributed by atoms with E-state index >= 15 is 0 Å². The summed E-state index contributed by atoms with van der Waals surface area (Å²) in [6.07, 6.45) is 1.20. The zero-order valence-electron chi connectivity index (χ0n) is 11.6. The van der Waals surface area contributed by atoms with Crippen molar-refractivity contribution in [2.24, 2.45) is 0 Å². The van der Waals surface area contributed by atoms with Crippen molar-refractivity contribution in [2.75, 3.05) is 20.1 Å². The van der Waals surface area contributed by atoms with Crippen LogP contribution in [0.2, 0.25) is 0 Å². The van der Waals surface area contributed by atoms with Gasteiger partial charge in [0.1, 0.15) is 0 Å². The first-order valence-corrected chi connectivity index (χ1v) is 6.60. The van der Waals surface area contributed by atoms with Crippen LogP contribution in [0.25, 0.3) is 0 Å². The van der Waals surface area contributed by atoms with E-state index in [4.69, 9.17) is 0 Å². The Kier molecular flexibility index (Phi) is 6.23. The maximum atomic E-state index is 3.57. The maximum Gasteiger partial charge on any atom is 0.0291 e. The van der Waals surface area contributed by atoms with Crippen molar-refractivity contribution in [1.82, 2.24) is 10.2 Å². The molecule has 0 aliphatic heterocycles. The van der Waals surface area contributed by atoms with Gasteiger partial charge in [-0.3, -0.25) is 0 Å². The molecule has 0 radical (unpaired) electrons. The van der Waals surface area contributed by atoms with E-state index < -0.39 is 0 Å². The van der Waals surface area contributed by atoms with Crippen LogP contribution in [0, 0.1) is 0 Å². The number of nitrogens with zero attached hydrogens (tertiary/aromatic N) is 1. The minimum atomic E-state index is 0.445. The second kappa shape index (κ2) is 7.46. The number of rotatable bonds is 7. The van der Waals surface area contributed by atoms with Crippen molar-refractivity contribution in [3.63, 3.8) is 0 Å². The van der Waals surface area contributed by atoms with E-state index in [2.05, 4.69) is 68.4 Å². The van der Waals surface area contributed by atoms with Crippen LogP contribution in [-0.4, -0.2) is 31.1 Å². The molecule has 1 aromatic rings. The van der Waals surface area contributed by atoms with Crippen LogP contribution in [0.4, 0.5) is 0 Å². The van der Waals surface area contributed by atoms with Gasteiger partial charge in [0.15, 0.2) is 0 Å². The fourth-order valence-corrected chi connectivity index (χ4v) is 1.76. The van der Waals surface area contributed by atoms with Crippen LogP contribution in [0.5, 0.6) is 0 Å². The van der Waals surface area contributed by atoms with Crippen LogP contribution in [0.3, 0.4) is 0 Å². The van der Waals surface area contributed by atoms with Crippen molar-refractivity contribution < 1.29 is 0 Å². The second-order valence-electron chi connectivity index (χ2n) is 5.01. The van der Waals surface area contributed by atoms with Crippen molar-refractivity contribution in [2.45, 2.75) is 39.3 Å². The Labute approximate surface area is 106 Å². The highest BCUT2D eigenvalue weighted by molar-refractivity contribution is 5.17. The molecule has 0 heterocycles. The summed E-state index contributed by atoms with van der Waals surface area (Å²) in [5.74, 6) is 0. The molecule has 0 aromatic heterocycles. The average molecular weight is 234 g/mol. The van der Waals surface area contributed by atoms with E-state index in [0.29, 0.717) is 12.1 Å². The van der Waals surface area contributed by atoms with Gasteiger partial charge >= 0.3 is 0 Å². The van der Waals surface area contributed by atoms with Gasteiger partial charge in [0, 0.05) is 12.1 Å². The predicted octanol–water partition coefficient (Wildman–Crippen LogP) is 3.07. The summed E-state index contributed by atoms with van der Waals surface area (Å²) >= 11 is 0. The number of hydrogen-bond acceptors (Lipinski definition) is 2. The molecular formula is C15H26N2. The molecule has 1 atom stereocenters. The minimum absolute atomic E-state index is 0.445. The highest BCUT2D eigenvalue weighted by Crippen LogP contribution is 2.10. The minimum Gasteiger partial charge on any atom is -0.310 e. The summed E-state index contributed by atoms with van der Waals surface area (Å²) in [6.45, 7) is 8.93. The normalized spacial score (nSPS) is 13.3. The quantitative estimate of drug-likeness (QED) is 0.729.